The van der Waals surface area contributed by atoms with Crippen molar-refractivity contribution >= 4 is 29.3 Å². The number of nitrogens with zero attached hydrogens (tertiary/aromatic N) is 2. The molecule has 3 aromatic carbocycles. The zero-order valence-electron chi connectivity index (χ0n) is 19.1. The van der Waals surface area contributed by atoms with Crippen molar-refractivity contribution in [1.82, 2.24) is 4.90 Å². The second-order valence-electron chi connectivity index (χ2n) is 8.20. The number of amides is 1. The average molecular weight is 456 g/mol. The summed E-state index contributed by atoms with van der Waals surface area (Å²) in [5.74, 6) is -0.926. The van der Waals surface area contributed by atoms with Gasteiger partial charge in [0.15, 0.2) is 6.61 Å². The fraction of sp³-hybridized carbons (Fsp3) is 0.214. The molecular formula is C28H29N3O3. The molecule has 6 nitrogen and oxygen atoms in total. The summed E-state index contributed by atoms with van der Waals surface area (Å²) in [7, 11) is 0. The highest BCUT2D eigenvalue weighted by molar-refractivity contribution is 5.94. The molecule has 1 amide bonds. The van der Waals surface area contributed by atoms with Crippen molar-refractivity contribution in [3.05, 3.63) is 102 Å². The molecule has 4 rings (SSSR count). The van der Waals surface area contributed by atoms with Crippen LogP contribution in [0.2, 0.25) is 0 Å². The Hall–Kier alpha value is -3.90. The largest absolute Gasteiger partial charge is 0.452 e. The number of ether oxygens (including phenoxy) is 1. The molecule has 1 saturated heterocycles. The standard InChI is InChI=1S/C28H29N3O3/c32-27(22-34-28(33)16-11-23-7-3-1-4-8-23)29-25-12-14-26(15-13-25)31-19-17-30(18-20-31)21-24-9-5-2-6-10-24/h1-16H,17-22H2,(H,29,32)/b16-11+. The van der Waals surface area contributed by atoms with E-state index in [9.17, 15) is 9.59 Å². The Morgan fingerprint density at radius 3 is 2.15 bits per heavy atom. The van der Waals surface area contributed by atoms with Gasteiger partial charge in [0.1, 0.15) is 0 Å². The fourth-order valence-electron chi connectivity index (χ4n) is 3.87. The molecule has 0 radical (unpaired) electrons. The lowest BCUT2D eigenvalue weighted by Crippen LogP contribution is -2.45. The third kappa shape index (κ3) is 7.05. The van der Waals surface area contributed by atoms with Gasteiger partial charge in [-0.2, -0.15) is 0 Å². The Balaban J connectivity index is 1.19. The number of nitrogens with one attached hydrogen (secondary N) is 1. The maximum absolute atomic E-state index is 12.1. The van der Waals surface area contributed by atoms with Gasteiger partial charge in [0.25, 0.3) is 5.91 Å². The van der Waals surface area contributed by atoms with Crippen molar-refractivity contribution < 1.29 is 14.3 Å². The third-order valence-electron chi connectivity index (χ3n) is 5.69. The van der Waals surface area contributed by atoms with Crippen LogP contribution in [0.1, 0.15) is 11.1 Å². The average Bonchev–Trinajstić information content (AvgIpc) is 2.88. The maximum atomic E-state index is 12.1. The van der Waals surface area contributed by atoms with E-state index in [1.165, 1.54) is 11.6 Å². The fourth-order valence-corrected chi connectivity index (χ4v) is 3.87. The number of carbonyl (C=O) groups is 2. The Morgan fingerprint density at radius 1 is 0.824 bits per heavy atom. The molecule has 3 aromatic rings. The third-order valence-corrected chi connectivity index (χ3v) is 5.69. The second kappa shape index (κ2) is 11.8. The maximum Gasteiger partial charge on any atom is 0.331 e. The lowest BCUT2D eigenvalue weighted by molar-refractivity contribution is -0.142. The molecule has 174 valence electrons. The van der Waals surface area contributed by atoms with Crippen LogP contribution >= 0.6 is 0 Å². The Bertz CT molecular complexity index is 1090. The van der Waals surface area contributed by atoms with E-state index in [0.717, 1.165) is 44.0 Å². The first-order valence-corrected chi connectivity index (χ1v) is 11.5. The van der Waals surface area contributed by atoms with Crippen LogP contribution in [0.3, 0.4) is 0 Å². The summed E-state index contributed by atoms with van der Waals surface area (Å²) in [6.45, 7) is 4.60. The minimum atomic E-state index is -0.555. The van der Waals surface area contributed by atoms with Gasteiger partial charge >= 0.3 is 5.97 Å². The van der Waals surface area contributed by atoms with Crippen molar-refractivity contribution in [3.63, 3.8) is 0 Å². The molecule has 0 atom stereocenters. The zero-order valence-corrected chi connectivity index (χ0v) is 19.1. The Labute approximate surface area is 200 Å². The molecule has 1 fully saturated rings. The van der Waals surface area contributed by atoms with Gasteiger partial charge in [-0.05, 0) is 41.5 Å². The van der Waals surface area contributed by atoms with Crippen LogP contribution < -0.4 is 10.2 Å². The molecule has 34 heavy (non-hydrogen) atoms. The first-order chi connectivity index (χ1) is 16.7. The van der Waals surface area contributed by atoms with Crippen molar-refractivity contribution in [2.45, 2.75) is 6.54 Å². The molecule has 6 heteroatoms. The van der Waals surface area contributed by atoms with Crippen LogP contribution in [-0.2, 0) is 20.9 Å². The summed E-state index contributed by atoms with van der Waals surface area (Å²) >= 11 is 0. The number of anilines is 2. The molecule has 1 heterocycles. The molecule has 1 N–H and O–H groups in total. The highest BCUT2D eigenvalue weighted by Crippen LogP contribution is 2.20. The number of rotatable bonds is 8. The summed E-state index contributed by atoms with van der Waals surface area (Å²) in [5.41, 5.74) is 4.04. The summed E-state index contributed by atoms with van der Waals surface area (Å²) < 4.78 is 5.02. The normalized spacial score (nSPS) is 14.2. The van der Waals surface area contributed by atoms with E-state index in [0.29, 0.717) is 5.69 Å². The van der Waals surface area contributed by atoms with Crippen LogP contribution in [0.5, 0.6) is 0 Å². The van der Waals surface area contributed by atoms with Gasteiger partial charge in [0, 0.05) is 50.2 Å². The van der Waals surface area contributed by atoms with Crippen LogP contribution in [0, 0.1) is 0 Å². The summed E-state index contributed by atoms with van der Waals surface area (Å²) in [6.07, 6.45) is 2.97. The van der Waals surface area contributed by atoms with Crippen molar-refractivity contribution in [2.75, 3.05) is 43.0 Å². The zero-order chi connectivity index (χ0) is 23.6. The van der Waals surface area contributed by atoms with Gasteiger partial charge in [-0.15, -0.1) is 0 Å². The lowest BCUT2D eigenvalue weighted by Gasteiger charge is -2.36. The first-order valence-electron chi connectivity index (χ1n) is 11.5. The van der Waals surface area contributed by atoms with Gasteiger partial charge < -0.3 is 15.0 Å². The second-order valence-corrected chi connectivity index (χ2v) is 8.20. The number of hydrogen-bond acceptors (Lipinski definition) is 5. The molecule has 0 saturated carbocycles. The number of piperazine rings is 1. The van der Waals surface area contributed by atoms with Gasteiger partial charge in [-0.3, -0.25) is 9.69 Å². The highest BCUT2D eigenvalue weighted by Gasteiger charge is 2.17. The van der Waals surface area contributed by atoms with Crippen molar-refractivity contribution in [3.8, 4) is 0 Å². The van der Waals surface area contributed by atoms with Crippen LogP contribution in [0.4, 0.5) is 11.4 Å². The van der Waals surface area contributed by atoms with Crippen molar-refractivity contribution in [1.29, 1.82) is 0 Å². The van der Waals surface area contributed by atoms with E-state index in [4.69, 9.17) is 4.74 Å². The van der Waals surface area contributed by atoms with E-state index >= 15 is 0 Å². The Kier molecular flexibility index (Phi) is 8.08. The predicted molar refractivity (Wildman–Crippen MR) is 135 cm³/mol. The topological polar surface area (TPSA) is 61.9 Å². The van der Waals surface area contributed by atoms with E-state index in [1.807, 2.05) is 60.7 Å². The smallest absolute Gasteiger partial charge is 0.331 e. The van der Waals surface area contributed by atoms with Gasteiger partial charge in [0.2, 0.25) is 0 Å². The van der Waals surface area contributed by atoms with Gasteiger partial charge in [0.05, 0.1) is 0 Å². The SMILES string of the molecule is O=C(COC(=O)/C=C/c1ccccc1)Nc1ccc(N2CCN(Cc3ccccc3)CC2)cc1. The monoisotopic (exact) mass is 455 g/mol. The van der Waals surface area contributed by atoms with Crippen LogP contribution in [0.25, 0.3) is 6.08 Å². The molecule has 0 aromatic heterocycles. The predicted octanol–water partition coefficient (Wildman–Crippen LogP) is 4.20. The summed E-state index contributed by atoms with van der Waals surface area (Å²) in [4.78, 5) is 28.8. The van der Waals surface area contributed by atoms with Gasteiger partial charge in [-0.1, -0.05) is 60.7 Å². The van der Waals surface area contributed by atoms with Gasteiger partial charge in [-0.25, -0.2) is 4.79 Å². The van der Waals surface area contributed by atoms with Crippen LogP contribution in [0.15, 0.2) is 91.0 Å². The van der Waals surface area contributed by atoms with Crippen LogP contribution in [-0.4, -0.2) is 49.6 Å². The first kappa shape index (κ1) is 23.3. The molecule has 1 aliphatic rings. The summed E-state index contributed by atoms with van der Waals surface area (Å²) in [5, 5.41) is 2.77. The quantitative estimate of drug-likeness (QED) is 0.407. The Morgan fingerprint density at radius 2 is 1.47 bits per heavy atom. The van der Waals surface area contributed by atoms with E-state index in [2.05, 4.69) is 39.4 Å². The molecular weight excluding hydrogens is 426 g/mol. The molecule has 0 unspecified atom stereocenters. The highest BCUT2D eigenvalue weighted by atomic mass is 16.5. The molecule has 0 spiro atoms. The number of esters is 1. The molecule has 0 aliphatic carbocycles. The number of carbonyl (C=O) groups excluding carboxylic acids is 2. The minimum absolute atomic E-state index is 0.330. The number of hydrogen-bond donors (Lipinski definition) is 1. The minimum Gasteiger partial charge on any atom is -0.452 e. The summed E-state index contributed by atoms with van der Waals surface area (Å²) in [6, 6.07) is 27.8. The molecule has 0 bridgehead atoms. The molecule has 1 aliphatic heterocycles. The lowest BCUT2D eigenvalue weighted by atomic mass is 10.2. The van der Waals surface area contributed by atoms with E-state index in [-0.39, 0.29) is 12.5 Å². The number of benzene rings is 3. The van der Waals surface area contributed by atoms with Crippen molar-refractivity contribution in [2.24, 2.45) is 0 Å². The van der Waals surface area contributed by atoms with E-state index in [1.54, 1.807) is 6.08 Å². The van der Waals surface area contributed by atoms with E-state index < -0.39 is 5.97 Å².